The van der Waals surface area contributed by atoms with Gasteiger partial charge in [-0.1, -0.05) is 42.5 Å². The molecule has 0 N–H and O–H groups in total. The molecule has 1 fully saturated rings. The Labute approximate surface area is 140 Å². The van der Waals surface area contributed by atoms with E-state index in [1.807, 2.05) is 30.3 Å². The van der Waals surface area contributed by atoms with E-state index in [1.54, 1.807) is 12.1 Å². The van der Waals surface area contributed by atoms with Crippen LogP contribution in [-0.4, -0.2) is 23.7 Å². The van der Waals surface area contributed by atoms with Crippen LogP contribution in [-0.2, 0) is 17.6 Å². The summed E-state index contributed by atoms with van der Waals surface area (Å²) in [5.41, 5.74) is 0.777. The standard InChI is InChI=1S/C19H20FNO3/c20-18-8-6-16(7-9-18)11-19(21(22)23)12-17(13-24-14-19)10-15-4-2-1-3-5-15/h1-9,17H,10-14H2. The van der Waals surface area contributed by atoms with Gasteiger partial charge < -0.3 is 4.74 Å². The quantitative estimate of drug-likeness (QED) is 0.621. The zero-order valence-corrected chi connectivity index (χ0v) is 13.4. The van der Waals surface area contributed by atoms with Crippen molar-refractivity contribution in [3.05, 3.63) is 81.7 Å². The van der Waals surface area contributed by atoms with E-state index in [1.165, 1.54) is 12.1 Å². The molecule has 0 amide bonds. The van der Waals surface area contributed by atoms with E-state index in [-0.39, 0.29) is 29.7 Å². The Hall–Kier alpha value is -2.27. The third kappa shape index (κ3) is 3.79. The first-order chi connectivity index (χ1) is 11.6. The predicted molar refractivity (Wildman–Crippen MR) is 88.9 cm³/mol. The van der Waals surface area contributed by atoms with Crippen molar-refractivity contribution in [3.63, 3.8) is 0 Å². The molecule has 0 aliphatic carbocycles. The van der Waals surface area contributed by atoms with Crippen molar-refractivity contribution in [2.75, 3.05) is 13.2 Å². The summed E-state index contributed by atoms with van der Waals surface area (Å²) in [6.07, 6.45) is 1.48. The van der Waals surface area contributed by atoms with E-state index in [0.717, 1.165) is 17.5 Å². The van der Waals surface area contributed by atoms with Crippen LogP contribution in [0.4, 0.5) is 4.39 Å². The second-order valence-electron chi connectivity index (χ2n) is 6.56. The van der Waals surface area contributed by atoms with Gasteiger partial charge >= 0.3 is 0 Å². The zero-order chi connectivity index (χ0) is 17.0. The molecule has 1 aliphatic heterocycles. The van der Waals surface area contributed by atoms with Gasteiger partial charge in [-0.2, -0.15) is 0 Å². The molecule has 1 saturated heterocycles. The van der Waals surface area contributed by atoms with Gasteiger partial charge in [-0.05, 0) is 35.6 Å². The van der Waals surface area contributed by atoms with Gasteiger partial charge in [-0.25, -0.2) is 4.39 Å². The lowest BCUT2D eigenvalue weighted by Crippen LogP contribution is -2.51. The molecule has 2 aromatic rings. The molecule has 24 heavy (non-hydrogen) atoms. The van der Waals surface area contributed by atoms with E-state index < -0.39 is 5.54 Å². The molecular weight excluding hydrogens is 309 g/mol. The Morgan fingerprint density at radius 1 is 1.12 bits per heavy atom. The molecule has 3 rings (SSSR count). The Morgan fingerprint density at radius 2 is 1.83 bits per heavy atom. The lowest BCUT2D eigenvalue weighted by atomic mass is 9.79. The van der Waals surface area contributed by atoms with E-state index in [2.05, 4.69) is 0 Å². The summed E-state index contributed by atoms with van der Waals surface area (Å²) in [4.78, 5) is 11.6. The lowest BCUT2D eigenvalue weighted by molar-refractivity contribution is -0.581. The van der Waals surface area contributed by atoms with Gasteiger partial charge in [-0.15, -0.1) is 0 Å². The van der Waals surface area contributed by atoms with Crippen LogP contribution in [0.25, 0.3) is 0 Å². The minimum Gasteiger partial charge on any atom is -0.374 e. The molecule has 4 nitrogen and oxygen atoms in total. The Morgan fingerprint density at radius 3 is 2.50 bits per heavy atom. The predicted octanol–water partition coefficient (Wildman–Crippen LogP) is 3.66. The molecule has 0 radical (unpaired) electrons. The Kier molecular flexibility index (Phi) is 4.90. The van der Waals surface area contributed by atoms with Crippen molar-refractivity contribution >= 4 is 0 Å². The van der Waals surface area contributed by atoms with Crippen LogP contribution >= 0.6 is 0 Å². The fourth-order valence-corrected chi connectivity index (χ4v) is 3.45. The number of ether oxygens (including phenoxy) is 1. The number of halogens is 1. The molecule has 126 valence electrons. The highest BCUT2D eigenvalue weighted by atomic mass is 19.1. The highest BCUT2D eigenvalue weighted by Gasteiger charge is 2.48. The monoisotopic (exact) mass is 329 g/mol. The maximum Gasteiger partial charge on any atom is 0.249 e. The van der Waals surface area contributed by atoms with E-state index in [0.29, 0.717) is 13.0 Å². The lowest BCUT2D eigenvalue weighted by Gasteiger charge is -2.34. The fourth-order valence-electron chi connectivity index (χ4n) is 3.45. The van der Waals surface area contributed by atoms with E-state index in [9.17, 15) is 14.5 Å². The molecule has 2 atom stereocenters. The molecule has 2 aromatic carbocycles. The number of hydrogen-bond acceptors (Lipinski definition) is 3. The highest BCUT2D eigenvalue weighted by molar-refractivity contribution is 5.19. The van der Waals surface area contributed by atoms with Crippen LogP contribution in [0.1, 0.15) is 17.5 Å². The number of benzene rings is 2. The van der Waals surface area contributed by atoms with Gasteiger partial charge in [0.1, 0.15) is 12.4 Å². The van der Waals surface area contributed by atoms with Crippen molar-refractivity contribution in [2.45, 2.75) is 24.8 Å². The van der Waals surface area contributed by atoms with E-state index >= 15 is 0 Å². The van der Waals surface area contributed by atoms with Crippen LogP contribution in [0, 0.1) is 21.8 Å². The summed E-state index contributed by atoms with van der Waals surface area (Å²) >= 11 is 0. The third-order valence-electron chi connectivity index (χ3n) is 4.59. The van der Waals surface area contributed by atoms with Crippen LogP contribution in [0.5, 0.6) is 0 Å². The van der Waals surface area contributed by atoms with Gasteiger partial charge in [0.25, 0.3) is 0 Å². The number of hydrogen-bond donors (Lipinski definition) is 0. The number of nitro groups is 1. The summed E-state index contributed by atoms with van der Waals surface area (Å²) in [7, 11) is 0. The van der Waals surface area contributed by atoms with Crippen LogP contribution in [0.15, 0.2) is 54.6 Å². The van der Waals surface area contributed by atoms with Crippen molar-refractivity contribution in [1.82, 2.24) is 0 Å². The summed E-state index contributed by atoms with van der Waals surface area (Å²) < 4.78 is 18.7. The topological polar surface area (TPSA) is 52.4 Å². The van der Waals surface area contributed by atoms with Gasteiger partial charge in [0.05, 0.1) is 6.61 Å². The normalized spacial score (nSPS) is 23.8. The van der Waals surface area contributed by atoms with Crippen LogP contribution in [0.2, 0.25) is 0 Å². The molecule has 5 heteroatoms. The summed E-state index contributed by atoms with van der Waals surface area (Å²) in [6, 6.07) is 15.9. The second-order valence-corrected chi connectivity index (χ2v) is 6.56. The second kappa shape index (κ2) is 7.09. The zero-order valence-electron chi connectivity index (χ0n) is 13.4. The first-order valence-corrected chi connectivity index (χ1v) is 8.08. The molecular formula is C19H20FNO3. The maximum absolute atomic E-state index is 13.1. The maximum atomic E-state index is 13.1. The van der Waals surface area contributed by atoms with Crippen LogP contribution in [0.3, 0.4) is 0 Å². The smallest absolute Gasteiger partial charge is 0.249 e. The fraction of sp³-hybridized carbons (Fsp3) is 0.368. The first-order valence-electron chi connectivity index (χ1n) is 8.08. The van der Waals surface area contributed by atoms with Gasteiger partial charge in [0, 0.05) is 17.8 Å². The summed E-state index contributed by atoms with van der Waals surface area (Å²) in [6.45, 7) is 0.635. The molecule has 0 bridgehead atoms. The van der Waals surface area contributed by atoms with Crippen molar-refractivity contribution < 1.29 is 14.1 Å². The minimum atomic E-state index is -1.14. The van der Waals surface area contributed by atoms with Crippen LogP contribution < -0.4 is 0 Å². The molecule has 1 aliphatic rings. The molecule has 0 aromatic heterocycles. The van der Waals surface area contributed by atoms with Gasteiger partial charge in [0.2, 0.25) is 5.54 Å². The number of rotatable bonds is 5. The Bertz CT molecular complexity index is 690. The highest BCUT2D eigenvalue weighted by Crippen LogP contribution is 2.32. The summed E-state index contributed by atoms with van der Waals surface area (Å²) in [5.74, 6) is -0.234. The average Bonchev–Trinajstić information content (AvgIpc) is 2.58. The molecule has 1 heterocycles. The van der Waals surface area contributed by atoms with E-state index in [4.69, 9.17) is 4.74 Å². The first kappa shape index (κ1) is 16.6. The van der Waals surface area contributed by atoms with Crippen molar-refractivity contribution in [1.29, 1.82) is 0 Å². The van der Waals surface area contributed by atoms with Gasteiger partial charge in [0.15, 0.2) is 0 Å². The van der Waals surface area contributed by atoms with Crippen molar-refractivity contribution in [2.24, 2.45) is 5.92 Å². The Balaban J connectivity index is 1.76. The summed E-state index contributed by atoms with van der Waals surface area (Å²) in [5, 5.41) is 11.8. The third-order valence-corrected chi connectivity index (χ3v) is 4.59. The van der Waals surface area contributed by atoms with Gasteiger partial charge in [-0.3, -0.25) is 10.1 Å². The number of nitrogens with zero attached hydrogens (tertiary/aromatic N) is 1. The van der Waals surface area contributed by atoms with Crippen molar-refractivity contribution in [3.8, 4) is 0 Å². The molecule has 0 saturated carbocycles. The molecule has 2 unspecified atom stereocenters. The SMILES string of the molecule is O=[N+]([O-])C1(Cc2ccc(F)cc2)COCC(Cc2ccccc2)C1. The average molecular weight is 329 g/mol. The minimum absolute atomic E-state index is 0.0999. The molecule has 0 spiro atoms. The largest absolute Gasteiger partial charge is 0.374 e.